The predicted molar refractivity (Wildman–Crippen MR) is 132 cm³/mol. The minimum Gasteiger partial charge on any atom is -0.444 e. The average Bonchev–Trinajstić information content (AvgIpc) is 3.41. The number of ether oxygens (including phenoxy) is 1. The van der Waals surface area contributed by atoms with E-state index < -0.39 is 28.2 Å². The number of rotatable bonds is 6. The maximum absolute atomic E-state index is 13.3. The van der Waals surface area contributed by atoms with Gasteiger partial charge < -0.3 is 19.6 Å². The number of thiol groups is 1. The molecule has 1 aliphatic carbocycles. The third-order valence-corrected chi connectivity index (χ3v) is 7.42. The Morgan fingerprint density at radius 2 is 1.66 bits per heavy atom. The largest absolute Gasteiger partial charge is 0.444 e. The van der Waals surface area contributed by atoms with E-state index in [1.54, 1.807) is 12.4 Å². The number of alkyl carbamates (subject to hydrolysis) is 1. The van der Waals surface area contributed by atoms with Crippen molar-refractivity contribution in [1.29, 1.82) is 0 Å². The number of hydrogen-bond acceptors (Lipinski definition) is 5. The van der Waals surface area contributed by atoms with Crippen molar-refractivity contribution in [2.75, 3.05) is 11.4 Å². The van der Waals surface area contributed by atoms with Crippen molar-refractivity contribution < 1.29 is 19.0 Å². The van der Waals surface area contributed by atoms with E-state index in [-0.39, 0.29) is 10.7 Å². The van der Waals surface area contributed by atoms with Crippen molar-refractivity contribution in [1.82, 2.24) is 5.32 Å². The minimum absolute atomic E-state index is 0.0574. The molecule has 175 valence electrons. The lowest BCUT2D eigenvalue weighted by Gasteiger charge is -2.38. The number of anilines is 1. The Balaban J connectivity index is 1.71. The molecule has 0 bridgehead atoms. The monoisotopic (exact) mass is 459 g/mol. The Hall–Kier alpha value is -1.67. The number of nitrogens with one attached hydrogen (secondary N) is 1. The Morgan fingerprint density at radius 3 is 2.12 bits per heavy atom. The van der Waals surface area contributed by atoms with E-state index in [1.807, 2.05) is 79.7 Å². The van der Waals surface area contributed by atoms with Crippen LogP contribution in [0.4, 0.5) is 10.5 Å². The standard InChI is InChI=1S/C24H36BN2O4S/c1-20(2,3)30-19(29)26-23(8)15-27(18(28)24(23)13-14-24)17-11-9-16(10-12-17)25-31-21(4,5)22(6,7)32/h9-12,32H,13-15H2,1-8H3,(H,26,29). The van der Waals surface area contributed by atoms with Gasteiger partial charge in [-0.3, -0.25) is 4.79 Å². The molecule has 1 heterocycles. The van der Waals surface area contributed by atoms with Crippen LogP contribution in [0.15, 0.2) is 24.3 Å². The summed E-state index contributed by atoms with van der Waals surface area (Å²) < 4.78 is 11.1. The van der Waals surface area contributed by atoms with Gasteiger partial charge in [0.15, 0.2) is 0 Å². The van der Waals surface area contributed by atoms with E-state index in [4.69, 9.17) is 9.39 Å². The van der Waals surface area contributed by atoms with E-state index in [2.05, 4.69) is 17.9 Å². The third kappa shape index (κ3) is 4.81. The van der Waals surface area contributed by atoms with Crippen molar-refractivity contribution in [3.05, 3.63) is 24.3 Å². The first-order valence-electron chi connectivity index (χ1n) is 11.2. The van der Waals surface area contributed by atoms with Crippen molar-refractivity contribution in [3.8, 4) is 0 Å². The highest BCUT2D eigenvalue weighted by molar-refractivity contribution is 7.81. The van der Waals surface area contributed by atoms with Gasteiger partial charge in [0, 0.05) is 17.0 Å². The van der Waals surface area contributed by atoms with Crippen LogP contribution in [0.5, 0.6) is 0 Å². The number of amides is 2. The Bertz CT molecular complexity index is 885. The quantitative estimate of drug-likeness (QED) is 0.501. The maximum atomic E-state index is 13.3. The molecule has 1 unspecified atom stereocenters. The summed E-state index contributed by atoms with van der Waals surface area (Å²) in [7, 11) is 1.73. The highest BCUT2D eigenvalue weighted by Gasteiger charge is 2.69. The second kappa shape index (κ2) is 7.98. The van der Waals surface area contributed by atoms with E-state index in [1.165, 1.54) is 0 Å². The van der Waals surface area contributed by atoms with Crippen molar-refractivity contribution >= 4 is 43.3 Å². The lowest BCUT2D eigenvalue weighted by atomic mass is 9.84. The van der Waals surface area contributed by atoms with Crippen LogP contribution < -0.4 is 15.7 Å². The van der Waals surface area contributed by atoms with E-state index in [9.17, 15) is 9.59 Å². The van der Waals surface area contributed by atoms with E-state index in [0.717, 1.165) is 24.0 Å². The number of hydrogen-bond donors (Lipinski definition) is 2. The van der Waals surface area contributed by atoms with Crippen LogP contribution in [0.2, 0.25) is 0 Å². The molecule has 1 atom stereocenters. The van der Waals surface area contributed by atoms with Crippen molar-refractivity contribution in [2.24, 2.45) is 5.41 Å². The minimum atomic E-state index is -0.678. The summed E-state index contributed by atoms with van der Waals surface area (Å²) in [5, 5.41) is 3.00. The van der Waals surface area contributed by atoms with Gasteiger partial charge in [0.2, 0.25) is 5.91 Å². The number of nitrogens with zero attached hydrogens (tertiary/aromatic N) is 1. The van der Waals surface area contributed by atoms with Crippen LogP contribution in [0.25, 0.3) is 0 Å². The van der Waals surface area contributed by atoms with Crippen LogP contribution >= 0.6 is 12.6 Å². The van der Waals surface area contributed by atoms with Gasteiger partial charge in [-0.25, -0.2) is 4.79 Å². The second-order valence-electron chi connectivity index (χ2n) is 11.3. The molecule has 2 amide bonds. The van der Waals surface area contributed by atoms with Crippen molar-refractivity contribution in [3.63, 3.8) is 0 Å². The van der Waals surface area contributed by atoms with E-state index >= 15 is 0 Å². The smallest absolute Gasteiger partial charge is 0.408 e. The summed E-state index contributed by atoms with van der Waals surface area (Å²) in [6.07, 6.45) is 1.05. The summed E-state index contributed by atoms with van der Waals surface area (Å²) >= 11 is 4.62. The molecule has 1 spiro atoms. The van der Waals surface area contributed by atoms with Gasteiger partial charge in [-0.1, -0.05) is 17.6 Å². The van der Waals surface area contributed by atoms with Crippen LogP contribution in [-0.2, 0) is 14.2 Å². The number of benzene rings is 1. The Labute approximate surface area is 198 Å². The fourth-order valence-corrected chi connectivity index (χ4v) is 3.97. The Kier molecular flexibility index (Phi) is 6.22. The number of carbonyl (C=O) groups is 2. The van der Waals surface area contributed by atoms with Crippen LogP contribution in [0, 0.1) is 5.41 Å². The van der Waals surface area contributed by atoms with Crippen molar-refractivity contribution in [2.45, 2.75) is 89.7 Å². The van der Waals surface area contributed by atoms with Gasteiger partial charge in [0.1, 0.15) is 5.60 Å². The van der Waals surface area contributed by atoms with Gasteiger partial charge >= 0.3 is 13.6 Å². The van der Waals surface area contributed by atoms with Crippen LogP contribution in [-0.4, -0.2) is 47.5 Å². The summed E-state index contributed by atoms with van der Waals surface area (Å²) in [6.45, 7) is 15.9. The molecule has 6 nitrogen and oxygen atoms in total. The summed E-state index contributed by atoms with van der Waals surface area (Å²) in [5.74, 6) is 0.0574. The molecule has 2 aliphatic rings. The normalized spacial score (nSPS) is 22.8. The molecule has 1 N–H and O–H groups in total. The molecule has 8 heteroatoms. The van der Waals surface area contributed by atoms with Gasteiger partial charge in [-0.2, -0.15) is 12.6 Å². The van der Waals surface area contributed by atoms with Crippen LogP contribution in [0.3, 0.4) is 0 Å². The fraction of sp³-hybridized carbons (Fsp3) is 0.667. The second-order valence-corrected chi connectivity index (χ2v) is 12.4. The molecule has 1 radical (unpaired) electrons. The van der Waals surface area contributed by atoms with Crippen LogP contribution in [0.1, 0.15) is 68.2 Å². The SMILES string of the molecule is CC(C)(C)OC(=O)NC1(C)CN(c2ccc([B]OC(C)(C)C(C)(C)S)cc2)C(=O)C12CC2. The lowest BCUT2D eigenvalue weighted by Crippen LogP contribution is -2.54. The molecular weight excluding hydrogens is 423 g/mol. The zero-order valence-electron chi connectivity index (χ0n) is 20.5. The van der Waals surface area contributed by atoms with Gasteiger partial charge in [-0.15, -0.1) is 0 Å². The third-order valence-electron chi connectivity index (χ3n) is 6.88. The zero-order chi connectivity index (χ0) is 24.2. The van der Waals surface area contributed by atoms with Gasteiger partial charge in [-0.05, 0) is 80.4 Å². The molecule has 1 saturated carbocycles. The van der Waals surface area contributed by atoms with Gasteiger partial charge in [0.25, 0.3) is 0 Å². The molecule has 1 aromatic carbocycles. The lowest BCUT2D eigenvalue weighted by molar-refractivity contribution is -0.122. The topological polar surface area (TPSA) is 67.9 Å². The summed E-state index contributed by atoms with van der Waals surface area (Å²) in [6, 6.07) is 7.70. The molecular formula is C24H36BN2O4S. The highest BCUT2D eigenvalue weighted by atomic mass is 32.1. The molecule has 1 aromatic rings. The molecule has 2 fully saturated rings. The predicted octanol–water partition coefficient (Wildman–Crippen LogP) is 3.84. The van der Waals surface area contributed by atoms with E-state index in [0.29, 0.717) is 6.54 Å². The molecule has 32 heavy (non-hydrogen) atoms. The fourth-order valence-electron chi connectivity index (χ4n) is 3.91. The van der Waals surface area contributed by atoms with Gasteiger partial charge in [0.05, 0.1) is 16.6 Å². The molecule has 1 saturated heterocycles. The first-order valence-corrected chi connectivity index (χ1v) is 11.6. The summed E-state index contributed by atoms with van der Waals surface area (Å²) in [5.41, 5.74) is -0.566. The summed E-state index contributed by atoms with van der Waals surface area (Å²) in [4.78, 5) is 27.6. The molecule has 3 rings (SSSR count). The first kappa shape index (κ1) is 25.0. The first-order chi connectivity index (χ1) is 14.5. The maximum Gasteiger partial charge on any atom is 0.408 e. The average molecular weight is 459 g/mol. The zero-order valence-corrected chi connectivity index (χ0v) is 21.4. The molecule has 1 aliphatic heterocycles. The molecule has 0 aromatic heterocycles. The number of carbonyl (C=O) groups excluding carboxylic acids is 2. The Morgan fingerprint density at radius 1 is 1.09 bits per heavy atom. The highest BCUT2D eigenvalue weighted by Crippen LogP contribution is 2.59.